The molecule has 23 heavy (non-hydrogen) atoms. The third-order valence-electron chi connectivity index (χ3n) is 4.03. The first-order valence-electron chi connectivity index (χ1n) is 8.33. The Bertz CT molecular complexity index is 552. The molecule has 128 valence electrons. The van der Waals surface area contributed by atoms with Gasteiger partial charge in [0.2, 0.25) is 0 Å². The second kappa shape index (κ2) is 7.21. The third kappa shape index (κ3) is 5.13. The molecule has 3 N–H and O–H groups in total. The van der Waals surface area contributed by atoms with Gasteiger partial charge in [0.25, 0.3) is 0 Å². The molecule has 1 aliphatic rings. The van der Waals surface area contributed by atoms with E-state index < -0.39 is 5.60 Å². The van der Waals surface area contributed by atoms with Crippen molar-refractivity contribution in [1.82, 2.24) is 10.6 Å². The summed E-state index contributed by atoms with van der Waals surface area (Å²) in [6.45, 7) is 8.20. The minimum atomic E-state index is -0.481. The summed E-state index contributed by atoms with van der Waals surface area (Å²) in [5.74, 6) is 0.322. The first kappa shape index (κ1) is 17.6. The molecular formula is C18H28N2O3. The van der Waals surface area contributed by atoms with Crippen LogP contribution in [0.4, 0.5) is 4.79 Å². The van der Waals surface area contributed by atoms with Gasteiger partial charge in [0.1, 0.15) is 11.4 Å². The van der Waals surface area contributed by atoms with Gasteiger partial charge in [0.15, 0.2) is 0 Å². The van der Waals surface area contributed by atoms with Crippen LogP contribution in [-0.2, 0) is 11.2 Å². The number of hydrogen-bond acceptors (Lipinski definition) is 4. The molecule has 1 aliphatic carbocycles. The van der Waals surface area contributed by atoms with E-state index in [1.807, 2.05) is 32.9 Å². The van der Waals surface area contributed by atoms with Gasteiger partial charge in [-0.05, 0) is 63.3 Å². The van der Waals surface area contributed by atoms with Gasteiger partial charge < -0.3 is 20.5 Å². The molecule has 0 radical (unpaired) electrons. The highest BCUT2D eigenvalue weighted by Gasteiger charge is 2.25. The molecule has 0 aromatic heterocycles. The maximum Gasteiger partial charge on any atom is 0.407 e. The minimum absolute atomic E-state index is 0.187. The number of alkyl carbamates (subject to hydrolysis) is 1. The lowest BCUT2D eigenvalue weighted by molar-refractivity contribution is 0.0521. The molecule has 0 aliphatic heterocycles. The van der Waals surface area contributed by atoms with Gasteiger partial charge in [-0.25, -0.2) is 4.79 Å². The van der Waals surface area contributed by atoms with E-state index >= 15 is 0 Å². The second-order valence-electron chi connectivity index (χ2n) is 7.13. The Morgan fingerprint density at radius 3 is 2.83 bits per heavy atom. The van der Waals surface area contributed by atoms with E-state index in [4.69, 9.17) is 4.74 Å². The maximum absolute atomic E-state index is 11.8. The van der Waals surface area contributed by atoms with Crippen LogP contribution in [0.3, 0.4) is 0 Å². The molecule has 1 aromatic carbocycles. The number of nitrogens with one attached hydrogen (secondary N) is 2. The fraction of sp³-hybridized carbons (Fsp3) is 0.611. The summed E-state index contributed by atoms with van der Waals surface area (Å²) in [5, 5.41) is 16.0. The summed E-state index contributed by atoms with van der Waals surface area (Å²) in [4.78, 5) is 11.8. The number of phenols is 1. The number of rotatable bonds is 5. The van der Waals surface area contributed by atoms with Crippen molar-refractivity contribution >= 4 is 6.09 Å². The molecule has 2 atom stereocenters. The molecule has 1 amide bonds. The van der Waals surface area contributed by atoms with E-state index in [0.29, 0.717) is 12.3 Å². The molecular weight excluding hydrogens is 292 g/mol. The predicted molar refractivity (Wildman–Crippen MR) is 90.6 cm³/mol. The van der Waals surface area contributed by atoms with E-state index in [1.54, 1.807) is 6.07 Å². The van der Waals surface area contributed by atoms with Crippen LogP contribution in [0.5, 0.6) is 5.75 Å². The second-order valence-corrected chi connectivity index (χ2v) is 7.13. The number of fused-ring (bicyclic) bond motifs is 1. The van der Waals surface area contributed by atoms with E-state index in [2.05, 4.69) is 17.6 Å². The van der Waals surface area contributed by atoms with Gasteiger partial charge in [-0.15, -0.1) is 0 Å². The van der Waals surface area contributed by atoms with Crippen molar-refractivity contribution in [2.45, 2.75) is 64.6 Å². The molecule has 0 heterocycles. The molecule has 2 rings (SSSR count). The lowest BCUT2D eigenvalue weighted by atomic mass is 10.1. The highest BCUT2D eigenvalue weighted by Crippen LogP contribution is 2.33. The Balaban J connectivity index is 1.88. The van der Waals surface area contributed by atoms with E-state index in [0.717, 1.165) is 19.3 Å². The van der Waals surface area contributed by atoms with Crippen LogP contribution in [0.1, 0.15) is 57.7 Å². The standard InChI is InChI=1S/C18H28N2O3/c1-5-13(11-19-17(22)23-18(2,3)4)20-16-9-6-12-10-14(21)7-8-15(12)16/h7-8,10,13,16,20-21H,5-6,9,11H2,1-4H3,(H,19,22). The summed E-state index contributed by atoms with van der Waals surface area (Å²) in [5.41, 5.74) is 1.97. The average molecular weight is 320 g/mol. The number of carbonyl (C=O) groups excluding carboxylic acids is 1. The largest absolute Gasteiger partial charge is 0.508 e. The quantitative estimate of drug-likeness (QED) is 0.779. The number of carbonyl (C=O) groups is 1. The number of aryl methyl sites for hydroxylation is 1. The highest BCUT2D eigenvalue weighted by atomic mass is 16.6. The molecule has 0 spiro atoms. The molecule has 0 saturated heterocycles. The number of hydrogen-bond donors (Lipinski definition) is 3. The van der Waals surface area contributed by atoms with Gasteiger partial charge in [0.05, 0.1) is 0 Å². The zero-order valence-corrected chi connectivity index (χ0v) is 14.5. The Hall–Kier alpha value is -1.75. The van der Waals surface area contributed by atoms with E-state index in [1.165, 1.54) is 11.1 Å². The fourth-order valence-corrected chi connectivity index (χ4v) is 2.90. The van der Waals surface area contributed by atoms with Crippen LogP contribution < -0.4 is 10.6 Å². The first-order chi connectivity index (χ1) is 10.8. The summed E-state index contributed by atoms with van der Waals surface area (Å²) in [7, 11) is 0. The topological polar surface area (TPSA) is 70.6 Å². The monoisotopic (exact) mass is 320 g/mol. The van der Waals surface area contributed by atoms with Crippen LogP contribution in [0.25, 0.3) is 0 Å². The van der Waals surface area contributed by atoms with Gasteiger partial charge in [-0.1, -0.05) is 13.0 Å². The highest BCUT2D eigenvalue weighted by molar-refractivity contribution is 5.67. The normalized spacial score (nSPS) is 18.3. The van der Waals surface area contributed by atoms with E-state index in [9.17, 15) is 9.90 Å². The number of amides is 1. The van der Waals surface area contributed by atoms with Gasteiger partial charge >= 0.3 is 6.09 Å². The SMILES string of the molecule is CCC(CNC(=O)OC(C)(C)C)NC1CCc2cc(O)ccc21. The Kier molecular flexibility index (Phi) is 5.52. The summed E-state index contributed by atoms with van der Waals surface area (Å²) in [6.07, 6.45) is 2.52. The Labute approximate surface area is 138 Å². The zero-order chi connectivity index (χ0) is 17.0. The van der Waals surface area contributed by atoms with Gasteiger partial charge in [-0.3, -0.25) is 0 Å². The molecule has 0 saturated carbocycles. The molecule has 0 fully saturated rings. The lowest BCUT2D eigenvalue weighted by Gasteiger charge is -2.24. The molecule has 0 bridgehead atoms. The average Bonchev–Trinajstić information content (AvgIpc) is 2.83. The van der Waals surface area contributed by atoms with Crippen LogP contribution in [0, 0.1) is 0 Å². The molecule has 5 heteroatoms. The Morgan fingerprint density at radius 1 is 1.43 bits per heavy atom. The van der Waals surface area contributed by atoms with Crippen LogP contribution in [-0.4, -0.2) is 29.4 Å². The van der Waals surface area contributed by atoms with Crippen LogP contribution in [0.15, 0.2) is 18.2 Å². The third-order valence-corrected chi connectivity index (χ3v) is 4.03. The summed E-state index contributed by atoms with van der Waals surface area (Å²) >= 11 is 0. The number of ether oxygens (including phenoxy) is 1. The van der Waals surface area contributed by atoms with Crippen LogP contribution >= 0.6 is 0 Å². The van der Waals surface area contributed by atoms with Gasteiger partial charge in [-0.2, -0.15) is 0 Å². The van der Waals surface area contributed by atoms with Crippen molar-refractivity contribution in [1.29, 1.82) is 0 Å². The molecule has 2 unspecified atom stereocenters. The van der Waals surface area contributed by atoms with Crippen molar-refractivity contribution in [2.75, 3.05) is 6.54 Å². The lowest BCUT2D eigenvalue weighted by Crippen LogP contribution is -2.43. The number of benzene rings is 1. The van der Waals surface area contributed by atoms with Crippen molar-refractivity contribution in [2.24, 2.45) is 0 Å². The summed E-state index contributed by atoms with van der Waals surface area (Å²) < 4.78 is 5.27. The fourth-order valence-electron chi connectivity index (χ4n) is 2.90. The first-order valence-corrected chi connectivity index (χ1v) is 8.33. The number of phenolic OH excluding ortho intramolecular Hbond substituents is 1. The van der Waals surface area contributed by atoms with Crippen molar-refractivity contribution in [3.05, 3.63) is 29.3 Å². The number of aromatic hydroxyl groups is 1. The zero-order valence-electron chi connectivity index (χ0n) is 14.5. The van der Waals surface area contributed by atoms with Crippen molar-refractivity contribution < 1.29 is 14.6 Å². The maximum atomic E-state index is 11.8. The van der Waals surface area contributed by atoms with Crippen LogP contribution in [0.2, 0.25) is 0 Å². The smallest absolute Gasteiger partial charge is 0.407 e. The van der Waals surface area contributed by atoms with Gasteiger partial charge in [0, 0.05) is 18.6 Å². The Morgan fingerprint density at radius 2 is 2.17 bits per heavy atom. The van der Waals surface area contributed by atoms with Crippen molar-refractivity contribution in [3.8, 4) is 5.75 Å². The predicted octanol–water partition coefficient (Wildman–Crippen LogP) is 3.27. The van der Waals surface area contributed by atoms with E-state index in [-0.39, 0.29) is 18.2 Å². The van der Waals surface area contributed by atoms with Crippen molar-refractivity contribution in [3.63, 3.8) is 0 Å². The molecule has 1 aromatic rings. The molecule has 5 nitrogen and oxygen atoms in total. The minimum Gasteiger partial charge on any atom is -0.508 e. The summed E-state index contributed by atoms with van der Waals surface area (Å²) in [6, 6.07) is 6.03.